The van der Waals surface area contributed by atoms with Crippen LogP contribution in [0.25, 0.3) is 11.3 Å². The van der Waals surface area contributed by atoms with E-state index in [0.717, 1.165) is 11.7 Å². The molecular formula is C14H17FN2OS. The van der Waals surface area contributed by atoms with Gasteiger partial charge in [0.1, 0.15) is 11.6 Å². The summed E-state index contributed by atoms with van der Waals surface area (Å²) in [7, 11) is 1.53. The van der Waals surface area contributed by atoms with Crippen LogP contribution in [0.4, 0.5) is 9.52 Å². The minimum absolute atomic E-state index is 0.319. The minimum atomic E-state index is -0.319. The summed E-state index contributed by atoms with van der Waals surface area (Å²) in [5.41, 5.74) is 1.02. The molecule has 0 radical (unpaired) electrons. The number of halogens is 1. The van der Waals surface area contributed by atoms with Gasteiger partial charge in [-0.3, -0.25) is 0 Å². The van der Waals surface area contributed by atoms with Gasteiger partial charge in [0.25, 0.3) is 0 Å². The fourth-order valence-corrected chi connectivity index (χ4v) is 2.40. The standard InChI is InChI=1S/C14H17FN2OS/c1-9(2)7-16-14-17-11(8-19-14)13-10(15)5-4-6-12(13)18-3/h4-6,8-9H,7H2,1-3H3,(H,16,17). The summed E-state index contributed by atoms with van der Waals surface area (Å²) in [6, 6.07) is 4.78. The number of hydrogen-bond acceptors (Lipinski definition) is 4. The van der Waals surface area contributed by atoms with Crippen molar-refractivity contribution in [2.45, 2.75) is 13.8 Å². The van der Waals surface area contributed by atoms with Gasteiger partial charge < -0.3 is 10.1 Å². The molecule has 2 rings (SSSR count). The molecular weight excluding hydrogens is 263 g/mol. The number of nitrogens with one attached hydrogen (secondary N) is 1. The molecule has 0 saturated carbocycles. The van der Waals surface area contributed by atoms with Crippen molar-refractivity contribution in [1.82, 2.24) is 4.98 Å². The Kier molecular flexibility index (Phi) is 4.37. The number of methoxy groups -OCH3 is 1. The van der Waals surface area contributed by atoms with Crippen LogP contribution in [0.2, 0.25) is 0 Å². The van der Waals surface area contributed by atoms with Crippen LogP contribution >= 0.6 is 11.3 Å². The van der Waals surface area contributed by atoms with Crippen LogP contribution < -0.4 is 10.1 Å². The van der Waals surface area contributed by atoms with E-state index in [2.05, 4.69) is 24.1 Å². The van der Waals surface area contributed by atoms with Crippen molar-refractivity contribution in [3.63, 3.8) is 0 Å². The van der Waals surface area contributed by atoms with Gasteiger partial charge in [-0.1, -0.05) is 19.9 Å². The zero-order valence-electron chi connectivity index (χ0n) is 11.2. The Hall–Kier alpha value is -1.62. The third-order valence-electron chi connectivity index (χ3n) is 2.62. The van der Waals surface area contributed by atoms with Crippen LogP contribution in [0.15, 0.2) is 23.6 Å². The molecule has 0 spiro atoms. The molecule has 102 valence electrons. The van der Waals surface area contributed by atoms with E-state index in [1.807, 2.05) is 5.38 Å². The molecule has 0 atom stereocenters. The lowest BCUT2D eigenvalue weighted by Gasteiger charge is -2.07. The van der Waals surface area contributed by atoms with Crippen molar-refractivity contribution in [3.8, 4) is 17.0 Å². The number of anilines is 1. The maximum Gasteiger partial charge on any atom is 0.183 e. The van der Waals surface area contributed by atoms with Crippen LogP contribution in [0.1, 0.15) is 13.8 Å². The fourth-order valence-electron chi connectivity index (χ4n) is 1.68. The number of thiazole rings is 1. The highest BCUT2D eigenvalue weighted by atomic mass is 32.1. The highest BCUT2D eigenvalue weighted by Gasteiger charge is 2.14. The first kappa shape index (κ1) is 13.8. The maximum atomic E-state index is 13.9. The molecule has 0 aliphatic heterocycles. The Bertz CT molecular complexity index is 554. The van der Waals surface area contributed by atoms with Crippen molar-refractivity contribution in [2.24, 2.45) is 5.92 Å². The number of ether oxygens (including phenoxy) is 1. The molecule has 2 aromatic rings. The van der Waals surface area contributed by atoms with Crippen molar-refractivity contribution in [2.75, 3.05) is 19.0 Å². The Balaban J connectivity index is 2.28. The van der Waals surface area contributed by atoms with E-state index in [9.17, 15) is 4.39 Å². The largest absolute Gasteiger partial charge is 0.496 e. The molecule has 1 heterocycles. The van der Waals surface area contributed by atoms with Crippen LogP contribution in [0, 0.1) is 11.7 Å². The number of benzene rings is 1. The molecule has 0 bridgehead atoms. The van der Waals surface area contributed by atoms with Crippen molar-refractivity contribution >= 4 is 16.5 Å². The summed E-state index contributed by atoms with van der Waals surface area (Å²) < 4.78 is 19.1. The predicted molar refractivity (Wildman–Crippen MR) is 77.4 cm³/mol. The summed E-state index contributed by atoms with van der Waals surface area (Å²) in [4.78, 5) is 4.41. The van der Waals surface area contributed by atoms with E-state index in [1.54, 1.807) is 12.1 Å². The molecule has 0 saturated heterocycles. The highest BCUT2D eigenvalue weighted by molar-refractivity contribution is 7.14. The number of aromatic nitrogens is 1. The van der Waals surface area contributed by atoms with E-state index in [4.69, 9.17) is 4.74 Å². The van der Waals surface area contributed by atoms with Crippen molar-refractivity contribution < 1.29 is 9.13 Å². The average molecular weight is 280 g/mol. The molecule has 1 N–H and O–H groups in total. The van der Waals surface area contributed by atoms with Gasteiger partial charge in [-0.15, -0.1) is 11.3 Å². The van der Waals surface area contributed by atoms with Gasteiger partial charge in [0, 0.05) is 11.9 Å². The lowest BCUT2D eigenvalue weighted by molar-refractivity contribution is 0.413. The fraction of sp³-hybridized carbons (Fsp3) is 0.357. The molecule has 0 unspecified atom stereocenters. The van der Waals surface area contributed by atoms with E-state index < -0.39 is 0 Å². The molecule has 0 aliphatic rings. The molecule has 1 aromatic carbocycles. The monoisotopic (exact) mass is 280 g/mol. The van der Waals surface area contributed by atoms with Gasteiger partial charge in [0.05, 0.1) is 18.4 Å². The summed E-state index contributed by atoms with van der Waals surface area (Å²) in [6.45, 7) is 5.10. The third-order valence-corrected chi connectivity index (χ3v) is 3.42. The van der Waals surface area contributed by atoms with Crippen LogP contribution in [0.5, 0.6) is 5.75 Å². The van der Waals surface area contributed by atoms with Crippen LogP contribution in [-0.2, 0) is 0 Å². The zero-order valence-corrected chi connectivity index (χ0v) is 12.1. The summed E-state index contributed by atoms with van der Waals surface area (Å²) in [5, 5.41) is 5.87. The quantitative estimate of drug-likeness (QED) is 0.898. The molecule has 0 aliphatic carbocycles. The molecule has 0 amide bonds. The van der Waals surface area contributed by atoms with E-state index in [0.29, 0.717) is 22.9 Å². The maximum absolute atomic E-state index is 13.9. The second-order valence-electron chi connectivity index (χ2n) is 4.63. The van der Waals surface area contributed by atoms with Crippen LogP contribution in [0.3, 0.4) is 0 Å². The topological polar surface area (TPSA) is 34.1 Å². The van der Waals surface area contributed by atoms with Crippen molar-refractivity contribution in [1.29, 1.82) is 0 Å². The Morgan fingerprint density at radius 3 is 2.89 bits per heavy atom. The number of nitrogens with zero attached hydrogens (tertiary/aromatic N) is 1. The van der Waals surface area contributed by atoms with Gasteiger partial charge in [-0.05, 0) is 18.1 Å². The normalized spacial score (nSPS) is 10.8. The zero-order chi connectivity index (χ0) is 13.8. The molecule has 1 aromatic heterocycles. The van der Waals surface area contributed by atoms with E-state index in [-0.39, 0.29) is 5.82 Å². The molecule has 19 heavy (non-hydrogen) atoms. The first-order valence-electron chi connectivity index (χ1n) is 6.14. The van der Waals surface area contributed by atoms with Gasteiger partial charge in [-0.25, -0.2) is 9.37 Å². The number of hydrogen-bond donors (Lipinski definition) is 1. The predicted octanol–water partition coefficient (Wildman–Crippen LogP) is 4.03. The summed E-state index contributed by atoms with van der Waals surface area (Å²) >= 11 is 1.47. The Labute approximate surface area is 116 Å². The first-order chi connectivity index (χ1) is 9.11. The van der Waals surface area contributed by atoms with Crippen molar-refractivity contribution in [3.05, 3.63) is 29.4 Å². The summed E-state index contributed by atoms with van der Waals surface area (Å²) in [6.07, 6.45) is 0. The highest BCUT2D eigenvalue weighted by Crippen LogP contribution is 2.34. The van der Waals surface area contributed by atoms with E-state index in [1.165, 1.54) is 24.5 Å². The second-order valence-corrected chi connectivity index (χ2v) is 5.49. The van der Waals surface area contributed by atoms with Gasteiger partial charge in [0.15, 0.2) is 5.13 Å². The van der Waals surface area contributed by atoms with Crippen LogP contribution in [-0.4, -0.2) is 18.6 Å². The molecule has 5 heteroatoms. The first-order valence-corrected chi connectivity index (χ1v) is 7.02. The Morgan fingerprint density at radius 2 is 2.21 bits per heavy atom. The second kappa shape index (κ2) is 6.02. The summed E-state index contributed by atoms with van der Waals surface area (Å²) in [5.74, 6) is 0.719. The average Bonchev–Trinajstić information content (AvgIpc) is 2.84. The van der Waals surface area contributed by atoms with Gasteiger partial charge >= 0.3 is 0 Å². The minimum Gasteiger partial charge on any atom is -0.496 e. The smallest absolute Gasteiger partial charge is 0.183 e. The lowest BCUT2D eigenvalue weighted by Crippen LogP contribution is -2.07. The molecule has 3 nitrogen and oxygen atoms in total. The SMILES string of the molecule is COc1cccc(F)c1-c1csc(NCC(C)C)n1. The van der Waals surface area contributed by atoms with E-state index >= 15 is 0 Å². The lowest BCUT2D eigenvalue weighted by atomic mass is 10.1. The third kappa shape index (κ3) is 3.23. The molecule has 0 fully saturated rings. The van der Waals surface area contributed by atoms with Gasteiger partial charge in [0.2, 0.25) is 0 Å². The Morgan fingerprint density at radius 1 is 1.42 bits per heavy atom. The van der Waals surface area contributed by atoms with Gasteiger partial charge in [-0.2, -0.15) is 0 Å². The number of rotatable bonds is 5.